The van der Waals surface area contributed by atoms with Crippen LogP contribution in [0.15, 0.2) is 79.0 Å². The number of nitrogens with zero attached hydrogens (tertiary/aromatic N) is 5. The Morgan fingerprint density at radius 1 is 0.564 bits per heavy atom. The molecule has 0 fully saturated rings. The molecule has 0 unspecified atom stereocenters. The zero-order chi connectivity index (χ0) is 27.3. The maximum atomic E-state index is 10.4. The van der Waals surface area contributed by atoms with E-state index in [2.05, 4.69) is 43.3 Å². The molecule has 39 heavy (non-hydrogen) atoms. The minimum atomic E-state index is -0.0786. The summed E-state index contributed by atoms with van der Waals surface area (Å²) < 4.78 is 1.91. The maximum Gasteiger partial charge on any atom is 0.103 e. The monoisotopic (exact) mass is 497 g/mol. The molecule has 0 amide bonds. The third-order valence-corrected chi connectivity index (χ3v) is 7.50. The third-order valence-electron chi connectivity index (χ3n) is 7.50. The molecule has 0 radical (unpaired) electrons. The minimum absolute atomic E-state index is 0.0749. The lowest BCUT2D eigenvalue weighted by Crippen LogP contribution is -2.05. The van der Waals surface area contributed by atoms with Gasteiger partial charge in [-0.2, -0.15) is 21.0 Å². The smallest absolute Gasteiger partial charge is 0.103 e. The van der Waals surface area contributed by atoms with E-state index < -0.39 is 0 Å². The van der Waals surface area contributed by atoms with Gasteiger partial charge in [0, 0.05) is 22.4 Å². The highest BCUT2D eigenvalue weighted by molar-refractivity contribution is 6.13. The molecular weight excluding hydrogens is 478 g/mol. The number of fused-ring (bicyclic) bond motifs is 5. The molecule has 0 saturated carbocycles. The van der Waals surface area contributed by atoms with Crippen LogP contribution in [-0.2, 0) is 0 Å². The van der Waals surface area contributed by atoms with E-state index in [4.69, 9.17) is 0 Å². The Labute approximate surface area is 225 Å². The Bertz CT molecular complexity index is 2190. The topological polar surface area (TPSA) is 99.6 Å². The summed E-state index contributed by atoms with van der Waals surface area (Å²) in [5, 5.41) is 43.4. The fourth-order valence-electron chi connectivity index (χ4n) is 5.84. The van der Waals surface area contributed by atoms with Crippen LogP contribution in [0.25, 0.3) is 49.4 Å². The van der Waals surface area contributed by atoms with E-state index in [1.165, 1.54) is 0 Å². The van der Waals surface area contributed by atoms with E-state index in [1.54, 1.807) is 0 Å². The first-order chi connectivity index (χ1) is 19.0. The van der Waals surface area contributed by atoms with Crippen molar-refractivity contribution in [1.29, 1.82) is 21.0 Å². The Hall–Kier alpha value is -5.88. The molecule has 0 N–H and O–H groups in total. The van der Waals surface area contributed by atoms with Gasteiger partial charge in [0.25, 0.3) is 0 Å². The number of benzene rings is 4. The Morgan fingerprint density at radius 2 is 1.13 bits per heavy atom. The van der Waals surface area contributed by atoms with Gasteiger partial charge in [-0.3, -0.25) is 0 Å². The van der Waals surface area contributed by atoms with Crippen molar-refractivity contribution < 1.29 is 0 Å². The minimum Gasteiger partial charge on any atom is -0.314 e. The Morgan fingerprint density at radius 3 is 1.79 bits per heavy atom. The highest BCUT2D eigenvalue weighted by Crippen LogP contribution is 2.45. The first kappa shape index (κ1) is 23.5. The average molecular weight is 498 g/mol. The molecule has 2 aromatic heterocycles. The van der Waals surface area contributed by atoms with Crippen molar-refractivity contribution in [2.75, 3.05) is 0 Å². The third kappa shape index (κ3) is 3.22. The van der Waals surface area contributed by atoms with Crippen LogP contribution in [0, 0.1) is 59.2 Å². The second-order valence-electron chi connectivity index (χ2n) is 9.47. The highest BCUT2D eigenvalue weighted by Gasteiger charge is 2.28. The van der Waals surface area contributed by atoms with E-state index in [9.17, 15) is 21.0 Å². The number of rotatable bonds is 2. The fourth-order valence-corrected chi connectivity index (χ4v) is 5.84. The molecular formula is C34H19N5. The quantitative estimate of drug-likeness (QED) is 0.245. The van der Waals surface area contributed by atoms with Gasteiger partial charge in [-0.25, -0.2) is 0 Å². The molecule has 0 saturated heterocycles. The van der Waals surface area contributed by atoms with Gasteiger partial charge in [-0.05, 0) is 47.2 Å². The van der Waals surface area contributed by atoms with Crippen LogP contribution < -0.4 is 0 Å². The summed E-state index contributed by atoms with van der Waals surface area (Å²) in [6.45, 7) is 4.07. The number of aromatic nitrogens is 1. The molecule has 0 aliphatic rings. The van der Waals surface area contributed by atoms with Crippen molar-refractivity contribution in [3.63, 3.8) is 0 Å². The summed E-state index contributed by atoms with van der Waals surface area (Å²) in [4.78, 5) is 0. The number of pyridine rings is 1. The van der Waals surface area contributed by atoms with Crippen molar-refractivity contribution in [3.05, 3.63) is 112 Å². The molecule has 5 nitrogen and oxygen atoms in total. The second-order valence-corrected chi connectivity index (χ2v) is 9.47. The molecule has 4 aromatic carbocycles. The molecule has 6 aromatic rings. The molecule has 5 heteroatoms. The van der Waals surface area contributed by atoms with Crippen LogP contribution in [0.5, 0.6) is 0 Å². The fraction of sp³-hybridized carbons (Fsp3) is 0.0588. The Balaban J connectivity index is 1.98. The zero-order valence-corrected chi connectivity index (χ0v) is 21.2. The summed E-state index contributed by atoms with van der Waals surface area (Å²) in [7, 11) is 0. The van der Waals surface area contributed by atoms with Gasteiger partial charge in [-0.15, -0.1) is 0 Å². The summed E-state index contributed by atoms with van der Waals surface area (Å²) in [5.74, 6) is 0. The van der Waals surface area contributed by atoms with Crippen LogP contribution >= 0.6 is 0 Å². The average Bonchev–Trinajstić information content (AvgIpc) is 3.36. The van der Waals surface area contributed by atoms with Crippen molar-refractivity contribution in [2.24, 2.45) is 0 Å². The van der Waals surface area contributed by atoms with E-state index in [0.717, 1.165) is 49.7 Å². The molecule has 0 spiro atoms. The first-order valence-electron chi connectivity index (χ1n) is 12.4. The van der Waals surface area contributed by atoms with E-state index in [-0.39, 0.29) is 22.3 Å². The van der Waals surface area contributed by atoms with Crippen molar-refractivity contribution in [2.45, 2.75) is 13.8 Å². The number of aryl methyl sites for hydroxylation is 2. The first-order valence-corrected chi connectivity index (χ1v) is 12.4. The van der Waals surface area contributed by atoms with Crippen LogP contribution in [0.3, 0.4) is 0 Å². The SMILES string of the molecule is Cc1ccccc1-c1ccccc1-c1c(C)c2c3ccccc3cn2c2c(C#N)c(C#N)c(C#N)c(C#N)c12. The number of nitriles is 4. The molecule has 6 rings (SSSR count). The summed E-state index contributed by atoms with van der Waals surface area (Å²) in [6.07, 6.45) is 1.94. The van der Waals surface area contributed by atoms with Gasteiger partial charge in [0.05, 0.1) is 33.3 Å². The number of hydrogen-bond acceptors (Lipinski definition) is 4. The molecule has 0 atom stereocenters. The van der Waals surface area contributed by atoms with E-state index in [0.29, 0.717) is 10.9 Å². The van der Waals surface area contributed by atoms with E-state index in [1.807, 2.05) is 78.2 Å². The lowest BCUT2D eigenvalue weighted by Gasteiger charge is -2.21. The van der Waals surface area contributed by atoms with Crippen molar-refractivity contribution >= 4 is 27.2 Å². The van der Waals surface area contributed by atoms with Crippen LogP contribution in [0.2, 0.25) is 0 Å². The number of hydrogen-bond donors (Lipinski definition) is 0. The van der Waals surface area contributed by atoms with Gasteiger partial charge in [0.15, 0.2) is 0 Å². The van der Waals surface area contributed by atoms with Crippen LogP contribution in [0.1, 0.15) is 33.4 Å². The summed E-state index contributed by atoms with van der Waals surface area (Å²) >= 11 is 0. The molecule has 0 aliphatic heterocycles. The predicted octanol–water partition coefficient (Wildman–Crippen LogP) is 7.68. The lowest BCUT2D eigenvalue weighted by atomic mass is 9.84. The predicted molar refractivity (Wildman–Crippen MR) is 152 cm³/mol. The molecule has 0 aliphatic carbocycles. The highest BCUT2D eigenvalue weighted by atomic mass is 14.9. The largest absolute Gasteiger partial charge is 0.314 e. The van der Waals surface area contributed by atoms with Crippen molar-refractivity contribution in [3.8, 4) is 46.5 Å². The van der Waals surface area contributed by atoms with Crippen molar-refractivity contribution in [1.82, 2.24) is 4.40 Å². The molecule has 0 bridgehead atoms. The Kier molecular flexibility index (Phi) is 5.37. The summed E-state index contributed by atoms with van der Waals surface area (Å²) in [5.41, 5.74) is 7.08. The maximum absolute atomic E-state index is 10.4. The molecule has 2 heterocycles. The van der Waals surface area contributed by atoms with E-state index >= 15 is 0 Å². The van der Waals surface area contributed by atoms with Crippen LogP contribution in [0.4, 0.5) is 0 Å². The normalized spacial score (nSPS) is 10.7. The summed E-state index contributed by atoms with van der Waals surface area (Å²) in [6, 6.07) is 32.6. The van der Waals surface area contributed by atoms with Gasteiger partial charge in [-0.1, -0.05) is 72.8 Å². The van der Waals surface area contributed by atoms with Gasteiger partial charge < -0.3 is 4.40 Å². The van der Waals surface area contributed by atoms with Crippen LogP contribution in [-0.4, -0.2) is 4.40 Å². The molecule has 180 valence electrons. The van der Waals surface area contributed by atoms with Gasteiger partial charge in [0.1, 0.15) is 24.3 Å². The van der Waals surface area contributed by atoms with Gasteiger partial charge in [0.2, 0.25) is 0 Å². The second kappa shape index (κ2) is 8.90. The standard InChI is InChI=1S/C34H19N5/c1-20-9-3-5-11-23(20)25-13-7-8-14-26(25)31-21(2)33-24-12-6-4-10-22(24)19-39(33)34-30(18-38)28(16-36)27(15-35)29(17-37)32(31)34/h3-14,19H,1-2H3. The van der Waals surface area contributed by atoms with Gasteiger partial charge >= 0.3 is 0 Å². The lowest BCUT2D eigenvalue weighted by molar-refractivity contribution is 1.24. The zero-order valence-electron chi connectivity index (χ0n) is 21.2.